The molecule has 0 unspecified atom stereocenters. The lowest BCUT2D eigenvalue weighted by Crippen LogP contribution is -2.47. The van der Waals surface area contributed by atoms with Gasteiger partial charge in [-0.25, -0.2) is 12.8 Å². The number of nitrogens with one attached hydrogen (secondary N) is 1. The van der Waals surface area contributed by atoms with Gasteiger partial charge in [-0.15, -0.1) is 11.3 Å². The highest BCUT2D eigenvalue weighted by Gasteiger charge is 2.29. The molecule has 1 heterocycles. The van der Waals surface area contributed by atoms with Gasteiger partial charge in [0.05, 0.1) is 5.69 Å². The van der Waals surface area contributed by atoms with Gasteiger partial charge in [0.2, 0.25) is 5.91 Å². The second-order valence-electron chi connectivity index (χ2n) is 7.00. The summed E-state index contributed by atoms with van der Waals surface area (Å²) in [7, 11) is -3.93. The molecule has 27 heavy (non-hydrogen) atoms. The summed E-state index contributed by atoms with van der Waals surface area (Å²) in [5.41, 5.74) is 0.241. The molecule has 148 valence electrons. The van der Waals surface area contributed by atoms with Crippen LogP contribution in [-0.4, -0.2) is 26.9 Å². The van der Waals surface area contributed by atoms with Crippen LogP contribution in [0.4, 0.5) is 10.1 Å². The molecule has 0 saturated heterocycles. The van der Waals surface area contributed by atoms with Gasteiger partial charge in [0.1, 0.15) is 16.6 Å². The zero-order valence-electron chi connectivity index (χ0n) is 15.8. The van der Waals surface area contributed by atoms with Crippen molar-refractivity contribution in [1.29, 1.82) is 0 Å². The summed E-state index contributed by atoms with van der Waals surface area (Å²) in [5.74, 6) is -0.451. The highest BCUT2D eigenvalue weighted by Crippen LogP contribution is 2.26. The van der Waals surface area contributed by atoms with Crippen molar-refractivity contribution in [2.75, 3.05) is 10.8 Å². The zero-order valence-corrected chi connectivity index (χ0v) is 17.5. The summed E-state index contributed by atoms with van der Waals surface area (Å²) in [4.78, 5) is 12.6. The van der Waals surface area contributed by atoms with E-state index in [1.807, 2.05) is 27.7 Å². The van der Waals surface area contributed by atoms with Gasteiger partial charge in [-0.2, -0.15) is 0 Å². The summed E-state index contributed by atoms with van der Waals surface area (Å²) in [5, 5.41) is 4.59. The largest absolute Gasteiger partial charge is 0.351 e. The summed E-state index contributed by atoms with van der Waals surface area (Å²) in [6.45, 7) is 7.65. The molecule has 0 aliphatic rings. The number of rotatable bonds is 8. The molecule has 0 aliphatic heterocycles. The van der Waals surface area contributed by atoms with Crippen LogP contribution in [0.5, 0.6) is 0 Å². The maximum atomic E-state index is 13.3. The lowest BCUT2D eigenvalue weighted by Gasteiger charge is -2.28. The molecule has 2 aromatic rings. The number of nitrogens with zero attached hydrogens (tertiary/aromatic N) is 1. The number of carbonyl (C=O) groups is 1. The molecule has 1 amide bonds. The van der Waals surface area contributed by atoms with Crippen LogP contribution in [0.1, 0.15) is 27.7 Å². The minimum atomic E-state index is -3.93. The summed E-state index contributed by atoms with van der Waals surface area (Å²) in [6, 6.07) is 8.11. The second kappa shape index (κ2) is 8.84. The summed E-state index contributed by atoms with van der Waals surface area (Å²) in [6.07, 6.45) is 0. The van der Waals surface area contributed by atoms with Crippen molar-refractivity contribution < 1.29 is 17.6 Å². The molecule has 0 bridgehead atoms. The first kappa shape index (κ1) is 21.4. The fraction of sp³-hybridized carbons (Fsp3) is 0.421. The quantitative estimate of drug-likeness (QED) is 0.716. The molecular weight excluding hydrogens is 387 g/mol. The van der Waals surface area contributed by atoms with Crippen molar-refractivity contribution in [3.63, 3.8) is 0 Å². The van der Waals surface area contributed by atoms with Crippen LogP contribution >= 0.6 is 11.3 Å². The number of halogens is 1. The second-order valence-corrected chi connectivity index (χ2v) is 10.0. The first-order chi connectivity index (χ1) is 12.6. The molecule has 0 radical (unpaired) electrons. The number of benzene rings is 1. The van der Waals surface area contributed by atoms with E-state index in [0.29, 0.717) is 0 Å². The molecule has 0 aliphatic carbocycles. The highest BCUT2D eigenvalue weighted by atomic mass is 32.2. The van der Waals surface area contributed by atoms with E-state index in [2.05, 4.69) is 5.32 Å². The molecular formula is C19H25FN2O3S2. The number of anilines is 1. The molecule has 0 spiro atoms. The van der Waals surface area contributed by atoms with Gasteiger partial charge in [-0.1, -0.05) is 33.8 Å². The standard InChI is InChI=1S/C19H25FN2O3S2/c1-13(2)19(14(3)4)21-17(23)12-22(16-9-7-15(20)8-10-16)27(24,25)18-6-5-11-26-18/h5-11,13-14,19H,12H2,1-4H3,(H,21,23). The fourth-order valence-electron chi connectivity index (χ4n) is 2.91. The Labute approximate surface area is 164 Å². The molecule has 0 fully saturated rings. The van der Waals surface area contributed by atoms with E-state index < -0.39 is 21.7 Å². The minimum absolute atomic E-state index is 0.0722. The molecule has 1 aromatic heterocycles. The van der Waals surface area contributed by atoms with E-state index in [4.69, 9.17) is 0 Å². The maximum absolute atomic E-state index is 13.3. The predicted octanol–water partition coefficient (Wildman–Crippen LogP) is 3.88. The van der Waals surface area contributed by atoms with Gasteiger partial charge < -0.3 is 5.32 Å². The van der Waals surface area contributed by atoms with E-state index >= 15 is 0 Å². The number of sulfonamides is 1. The molecule has 0 atom stereocenters. The molecule has 0 saturated carbocycles. The Morgan fingerprint density at radius 1 is 1.11 bits per heavy atom. The normalized spacial score (nSPS) is 12.0. The Balaban J connectivity index is 2.33. The Morgan fingerprint density at radius 2 is 1.70 bits per heavy atom. The SMILES string of the molecule is CC(C)C(NC(=O)CN(c1ccc(F)cc1)S(=O)(=O)c1cccs1)C(C)C. The summed E-state index contributed by atoms with van der Waals surface area (Å²) < 4.78 is 40.5. The number of carbonyl (C=O) groups excluding carboxylic acids is 1. The highest BCUT2D eigenvalue weighted by molar-refractivity contribution is 7.94. The molecule has 1 aromatic carbocycles. The zero-order chi connectivity index (χ0) is 20.2. The van der Waals surface area contributed by atoms with Crippen molar-refractivity contribution in [2.24, 2.45) is 11.8 Å². The molecule has 8 heteroatoms. The first-order valence-electron chi connectivity index (χ1n) is 8.74. The van der Waals surface area contributed by atoms with Crippen molar-refractivity contribution in [3.8, 4) is 0 Å². The lowest BCUT2D eigenvalue weighted by atomic mass is 9.93. The number of hydrogen-bond donors (Lipinski definition) is 1. The Hall–Kier alpha value is -1.93. The molecule has 5 nitrogen and oxygen atoms in total. The van der Waals surface area contributed by atoms with Gasteiger partial charge in [-0.3, -0.25) is 9.10 Å². The predicted molar refractivity (Wildman–Crippen MR) is 107 cm³/mol. The van der Waals surface area contributed by atoms with E-state index in [-0.39, 0.29) is 34.3 Å². The fourth-order valence-corrected chi connectivity index (χ4v) is 5.43. The van der Waals surface area contributed by atoms with Gasteiger partial charge >= 0.3 is 0 Å². The van der Waals surface area contributed by atoms with Crippen LogP contribution in [0.25, 0.3) is 0 Å². The van der Waals surface area contributed by atoms with E-state index in [1.54, 1.807) is 11.4 Å². The van der Waals surface area contributed by atoms with Gasteiger partial charge in [0, 0.05) is 6.04 Å². The number of thiophene rings is 1. The van der Waals surface area contributed by atoms with Crippen molar-refractivity contribution in [2.45, 2.75) is 37.9 Å². The minimum Gasteiger partial charge on any atom is -0.351 e. The van der Waals surface area contributed by atoms with E-state index in [9.17, 15) is 17.6 Å². The third-order valence-corrected chi connectivity index (χ3v) is 7.35. The lowest BCUT2D eigenvalue weighted by molar-refractivity contribution is -0.121. The van der Waals surface area contributed by atoms with Crippen LogP contribution < -0.4 is 9.62 Å². The van der Waals surface area contributed by atoms with Crippen LogP contribution in [-0.2, 0) is 14.8 Å². The third kappa shape index (κ3) is 5.29. The van der Waals surface area contributed by atoms with E-state index in [1.165, 1.54) is 30.3 Å². The maximum Gasteiger partial charge on any atom is 0.274 e. The molecule has 2 rings (SSSR count). The topological polar surface area (TPSA) is 66.5 Å². The average molecular weight is 413 g/mol. The number of hydrogen-bond acceptors (Lipinski definition) is 4. The third-order valence-electron chi connectivity index (χ3n) is 4.21. The summed E-state index contributed by atoms with van der Waals surface area (Å²) >= 11 is 1.07. The smallest absolute Gasteiger partial charge is 0.274 e. The Morgan fingerprint density at radius 3 is 2.19 bits per heavy atom. The van der Waals surface area contributed by atoms with Crippen LogP contribution in [0.15, 0.2) is 46.0 Å². The number of amides is 1. The Kier molecular flexibility index (Phi) is 7.00. The monoisotopic (exact) mass is 412 g/mol. The van der Waals surface area contributed by atoms with Crippen LogP contribution in [0.3, 0.4) is 0 Å². The van der Waals surface area contributed by atoms with Gasteiger partial charge in [0.15, 0.2) is 0 Å². The van der Waals surface area contributed by atoms with E-state index in [0.717, 1.165) is 15.6 Å². The van der Waals surface area contributed by atoms with Crippen molar-refractivity contribution in [1.82, 2.24) is 5.32 Å². The first-order valence-corrected chi connectivity index (χ1v) is 11.1. The average Bonchev–Trinajstić information content (AvgIpc) is 3.13. The Bertz CT molecular complexity index is 840. The van der Waals surface area contributed by atoms with Crippen molar-refractivity contribution in [3.05, 3.63) is 47.6 Å². The van der Waals surface area contributed by atoms with Crippen LogP contribution in [0.2, 0.25) is 0 Å². The molecule has 1 N–H and O–H groups in total. The van der Waals surface area contributed by atoms with Crippen molar-refractivity contribution >= 4 is 33.0 Å². The van der Waals surface area contributed by atoms with Gasteiger partial charge in [0.25, 0.3) is 10.0 Å². The van der Waals surface area contributed by atoms with Gasteiger partial charge in [-0.05, 0) is 47.5 Å². The van der Waals surface area contributed by atoms with Crippen LogP contribution in [0, 0.1) is 17.7 Å².